The van der Waals surface area contributed by atoms with Gasteiger partial charge in [-0.3, -0.25) is 9.59 Å². The highest BCUT2D eigenvalue weighted by Gasteiger charge is 2.31. The van der Waals surface area contributed by atoms with Gasteiger partial charge in [-0.25, -0.2) is 4.79 Å². The van der Waals surface area contributed by atoms with Crippen molar-refractivity contribution in [3.63, 3.8) is 0 Å². The molecule has 2 aliphatic rings. The summed E-state index contributed by atoms with van der Waals surface area (Å²) in [7, 11) is 0. The van der Waals surface area contributed by atoms with Gasteiger partial charge in [-0.05, 0) is 73.9 Å². The van der Waals surface area contributed by atoms with Gasteiger partial charge < -0.3 is 30.5 Å². The predicted molar refractivity (Wildman–Crippen MR) is 183 cm³/mol. The number of benzene rings is 2. The first-order valence-corrected chi connectivity index (χ1v) is 17.3. The fraction of sp³-hybridized carbons (Fsp3) is 0.595. The fourth-order valence-electron chi connectivity index (χ4n) is 6.16. The summed E-state index contributed by atoms with van der Waals surface area (Å²) >= 11 is 0. The zero-order valence-corrected chi connectivity index (χ0v) is 28.2. The SMILES string of the molecule is CC(C)(C)C[C@H](NC(=O)N1CCCCCC1)C(=O)N[C@@H](Cc1ccc(OCc2ccccc2)cc1)C(=O)NCCN1CCCCC1. The molecule has 9 nitrogen and oxygen atoms in total. The second-order valence-corrected chi connectivity index (χ2v) is 14.0. The molecule has 0 bridgehead atoms. The van der Waals surface area contributed by atoms with Crippen LogP contribution in [0.15, 0.2) is 54.6 Å². The molecule has 4 rings (SSSR count). The van der Waals surface area contributed by atoms with Crippen molar-refractivity contribution in [1.82, 2.24) is 25.8 Å². The summed E-state index contributed by atoms with van der Waals surface area (Å²) in [6, 6.07) is 15.9. The highest BCUT2D eigenvalue weighted by Crippen LogP contribution is 2.22. The van der Waals surface area contributed by atoms with Crippen LogP contribution in [-0.4, -0.2) is 79.0 Å². The predicted octanol–water partition coefficient (Wildman–Crippen LogP) is 5.29. The maximum atomic E-state index is 13.9. The standard InChI is InChI=1S/C37H55N5O4/c1-37(2,3)27-33(40-36(45)42-23-12-4-5-13-24-42)35(44)39-32(34(43)38-20-25-41-21-10-7-11-22-41)26-29-16-18-31(19-17-29)46-28-30-14-8-6-9-15-30/h6,8-9,14-19,32-33H,4-5,7,10-13,20-28H2,1-3H3,(H,38,43)(H,39,44)(H,40,45)/t32-,33-/m0/s1. The van der Waals surface area contributed by atoms with E-state index in [2.05, 4.69) is 41.6 Å². The number of nitrogens with zero attached hydrogens (tertiary/aromatic N) is 2. The number of amides is 4. The maximum absolute atomic E-state index is 13.9. The van der Waals surface area contributed by atoms with Gasteiger partial charge in [0.1, 0.15) is 24.4 Å². The number of nitrogens with one attached hydrogen (secondary N) is 3. The molecule has 0 unspecified atom stereocenters. The van der Waals surface area contributed by atoms with Crippen molar-refractivity contribution in [3.05, 3.63) is 65.7 Å². The van der Waals surface area contributed by atoms with Gasteiger partial charge >= 0.3 is 6.03 Å². The number of likely N-dealkylation sites (tertiary alicyclic amines) is 2. The Bertz CT molecular complexity index is 1220. The van der Waals surface area contributed by atoms with Crippen molar-refractivity contribution in [2.24, 2.45) is 5.41 Å². The molecule has 0 aromatic heterocycles. The first-order valence-electron chi connectivity index (χ1n) is 17.3. The second-order valence-electron chi connectivity index (χ2n) is 14.0. The van der Waals surface area contributed by atoms with E-state index >= 15 is 0 Å². The van der Waals surface area contributed by atoms with E-state index in [1.165, 1.54) is 19.3 Å². The van der Waals surface area contributed by atoms with Crippen LogP contribution in [0.1, 0.15) is 83.3 Å². The molecule has 0 aliphatic carbocycles. The van der Waals surface area contributed by atoms with E-state index < -0.39 is 12.1 Å². The van der Waals surface area contributed by atoms with Crippen molar-refractivity contribution < 1.29 is 19.1 Å². The summed E-state index contributed by atoms with van der Waals surface area (Å²) in [5.41, 5.74) is 1.78. The summed E-state index contributed by atoms with van der Waals surface area (Å²) in [4.78, 5) is 44.9. The fourth-order valence-corrected chi connectivity index (χ4v) is 6.16. The van der Waals surface area contributed by atoms with E-state index in [4.69, 9.17) is 4.74 Å². The lowest BCUT2D eigenvalue weighted by atomic mass is 9.87. The average Bonchev–Trinajstić information content (AvgIpc) is 3.34. The van der Waals surface area contributed by atoms with Crippen molar-refractivity contribution >= 4 is 17.8 Å². The van der Waals surface area contributed by atoms with Crippen LogP contribution in [0.5, 0.6) is 5.75 Å². The number of urea groups is 1. The average molecular weight is 634 g/mol. The molecule has 2 saturated heterocycles. The van der Waals surface area contributed by atoms with E-state index in [0.29, 0.717) is 39.1 Å². The topological polar surface area (TPSA) is 103 Å². The monoisotopic (exact) mass is 633 g/mol. The molecule has 2 fully saturated rings. The Morgan fingerprint density at radius 3 is 2.02 bits per heavy atom. The third-order valence-electron chi connectivity index (χ3n) is 8.74. The number of hydrogen-bond acceptors (Lipinski definition) is 5. The lowest BCUT2D eigenvalue weighted by Crippen LogP contribution is -2.57. The van der Waals surface area contributed by atoms with E-state index in [0.717, 1.165) is 62.2 Å². The van der Waals surface area contributed by atoms with Crippen LogP contribution in [0.3, 0.4) is 0 Å². The Balaban J connectivity index is 1.43. The van der Waals surface area contributed by atoms with Gasteiger partial charge in [0.05, 0.1) is 0 Å². The van der Waals surface area contributed by atoms with E-state index in [1.54, 1.807) is 0 Å². The third kappa shape index (κ3) is 12.3. The summed E-state index contributed by atoms with van der Waals surface area (Å²) in [6.07, 6.45) is 8.59. The minimum atomic E-state index is -0.789. The molecule has 0 spiro atoms. The Hall–Kier alpha value is -3.59. The number of rotatable bonds is 13. The van der Waals surface area contributed by atoms with Crippen LogP contribution in [0.2, 0.25) is 0 Å². The van der Waals surface area contributed by atoms with Crippen LogP contribution >= 0.6 is 0 Å². The molecule has 2 aromatic rings. The molecule has 0 radical (unpaired) electrons. The highest BCUT2D eigenvalue weighted by molar-refractivity contribution is 5.92. The molecule has 9 heteroatoms. The Labute approximate surface area is 275 Å². The molecule has 2 aliphatic heterocycles. The quantitative estimate of drug-likeness (QED) is 0.279. The molecule has 46 heavy (non-hydrogen) atoms. The van der Waals surface area contributed by atoms with Crippen LogP contribution in [-0.2, 0) is 22.6 Å². The molecule has 2 heterocycles. The maximum Gasteiger partial charge on any atom is 0.318 e. The number of piperidine rings is 1. The van der Waals surface area contributed by atoms with Gasteiger partial charge in [0.25, 0.3) is 0 Å². The highest BCUT2D eigenvalue weighted by atomic mass is 16.5. The van der Waals surface area contributed by atoms with Gasteiger partial charge in [0.15, 0.2) is 0 Å². The normalized spacial score (nSPS) is 17.3. The second kappa shape index (κ2) is 17.9. The summed E-state index contributed by atoms with van der Waals surface area (Å²) in [5, 5.41) is 9.13. The largest absolute Gasteiger partial charge is 0.489 e. The van der Waals surface area contributed by atoms with Crippen molar-refractivity contribution in [3.8, 4) is 5.75 Å². The molecule has 4 amide bonds. The zero-order chi connectivity index (χ0) is 32.8. The van der Waals surface area contributed by atoms with Crippen molar-refractivity contribution in [2.75, 3.05) is 39.3 Å². The van der Waals surface area contributed by atoms with Crippen LogP contribution in [0.25, 0.3) is 0 Å². The lowest BCUT2D eigenvalue weighted by molar-refractivity contribution is -0.130. The van der Waals surface area contributed by atoms with Gasteiger partial charge in [-0.1, -0.05) is 82.5 Å². The third-order valence-corrected chi connectivity index (χ3v) is 8.74. The Morgan fingerprint density at radius 1 is 0.739 bits per heavy atom. The van der Waals surface area contributed by atoms with Crippen molar-refractivity contribution in [1.29, 1.82) is 0 Å². The van der Waals surface area contributed by atoms with Crippen molar-refractivity contribution in [2.45, 2.75) is 97.2 Å². The van der Waals surface area contributed by atoms with Gasteiger partial charge in [0.2, 0.25) is 11.8 Å². The zero-order valence-electron chi connectivity index (χ0n) is 28.2. The van der Waals surface area contributed by atoms with Crippen LogP contribution < -0.4 is 20.7 Å². The first-order chi connectivity index (χ1) is 22.2. The van der Waals surface area contributed by atoms with Gasteiger partial charge in [0, 0.05) is 32.6 Å². The lowest BCUT2D eigenvalue weighted by Gasteiger charge is -2.30. The van der Waals surface area contributed by atoms with E-state index in [1.807, 2.05) is 59.5 Å². The minimum absolute atomic E-state index is 0.208. The molecule has 2 atom stereocenters. The minimum Gasteiger partial charge on any atom is -0.489 e. The number of hydrogen-bond donors (Lipinski definition) is 3. The summed E-state index contributed by atoms with van der Waals surface area (Å²) in [6.45, 7) is 11.4. The summed E-state index contributed by atoms with van der Waals surface area (Å²) in [5.74, 6) is 0.181. The molecule has 3 N–H and O–H groups in total. The number of carbonyl (C=O) groups excluding carboxylic acids is 3. The Morgan fingerprint density at radius 2 is 1.37 bits per heavy atom. The molecule has 2 aromatic carbocycles. The Kier molecular flexibility index (Phi) is 13.7. The molecule has 0 saturated carbocycles. The summed E-state index contributed by atoms with van der Waals surface area (Å²) < 4.78 is 5.95. The van der Waals surface area contributed by atoms with Gasteiger partial charge in [-0.15, -0.1) is 0 Å². The van der Waals surface area contributed by atoms with Gasteiger partial charge in [-0.2, -0.15) is 0 Å². The molecule has 252 valence electrons. The molecular formula is C37H55N5O4. The smallest absolute Gasteiger partial charge is 0.318 e. The van der Waals surface area contributed by atoms with Crippen LogP contribution in [0.4, 0.5) is 4.79 Å². The number of ether oxygens (including phenoxy) is 1. The first kappa shape index (κ1) is 35.3. The van der Waals surface area contributed by atoms with E-state index in [9.17, 15) is 14.4 Å². The number of carbonyl (C=O) groups is 3. The van der Waals surface area contributed by atoms with E-state index in [-0.39, 0.29) is 23.3 Å². The van der Waals surface area contributed by atoms with Crippen LogP contribution in [0, 0.1) is 5.41 Å². The molecular weight excluding hydrogens is 578 g/mol.